The van der Waals surface area contributed by atoms with Crippen LogP contribution in [0.2, 0.25) is 0 Å². The Hall–Kier alpha value is 1.06. The van der Waals surface area contributed by atoms with Gasteiger partial charge in [0.1, 0.15) is 0 Å². The van der Waals surface area contributed by atoms with Crippen LogP contribution in [0, 0.1) is 0 Å². The maximum atomic E-state index is 0. The van der Waals surface area contributed by atoms with Crippen LogP contribution >= 0.6 is 0 Å². The summed E-state index contributed by atoms with van der Waals surface area (Å²) < 4.78 is 0. The van der Waals surface area contributed by atoms with E-state index < -0.39 is 0 Å². The molecule has 3 radical (unpaired) electrons. The molecule has 8 heteroatoms. The summed E-state index contributed by atoms with van der Waals surface area (Å²) >= 11 is 0. The van der Waals surface area contributed by atoms with E-state index in [1.807, 2.05) is 0 Å². The van der Waals surface area contributed by atoms with Crippen LogP contribution in [0.4, 0.5) is 0 Å². The summed E-state index contributed by atoms with van der Waals surface area (Å²) in [6.07, 6.45) is 0. The zero-order chi connectivity index (χ0) is 0. The van der Waals surface area contributed by atoms with Crippen LogP contribution in [0.25, 0.3) is 0 Å². The van der Waals surface area contributed by atoms with E-state index in [1.54, 1.807) is 0 Å². The molecule has 0 aliphatic carbocycles. The van der Waals surface area contributed by atoms with E-state index in [0.717, 1.165) is 0 Å². The third-order valence-corrected chi connectivity index (χ3v) is 0. The molecular formula is H10AlMgO6. The van der Waals surface area contributed by atoms with E-state index in [2.05, 4.69) is 0 Å². The zero-order valence-electron chi connectivity index (χ0n) is 4.18. The van der Waals surface area contributed by atoms with E-state index in [1.165, 1.54) is 0 Å². The molecule has 0 heterocycles. The monoisotopic (exact) mass is 157 g/mol. The zero-order valence-corrected chi connectivity index (χ0v) is 6.75. The maximum Gasteiger partial charge on any atom is 2.00 e. The molecule has 0 unspecified atom stereocenters. The Morgan fingerprint density at radius 3 is 0.500 bits per heavy atom. The molecule has 0 aliphatic heterocycles. The molecule has 0 saturated carbocycles. The fraction of sp³-hybridized carbons (Fsp3) is 0. The van der Waals surface area contributed by atoms with E-state index in [4.69, 9.17) is 0 Å². The van der Waals surface area contributed by atoms with Gasteiger partial charge in [-0.25, -0.2) is 0 Å². The predicted molar refractivity (Wildman–Crippen MR) is 29.8 cm³/mol. The molecule has 0 aromatic heterocycles. The van der Waals surface area contributed by atoms with E-state index in [0.29, 0.717) is 0 Å². The SMILES string of the molecule is O.O.O.O.[Al].[Mg+2].[OH-].[OH-]. The standard InChI is InChI=1S/Al.Mg.6H2O/h;;6*1H2/q;+2;;;;;;/p-2. The molecule has 0 amide bonds. The summed E-state index contributed by atoms with van der Waals surface area (Å²) in [5, 5.41) is 0. The van der Waals surface area contributed by atoms with Gasteiger partial charge in [-0.15, -0.1) is 0 Å². The van der Waals surface area contributed by atoms with Crippen molar-refractivity contribution < 1.29 is 32.9 Å². The summed E-state index contributed by atoms with van der Waals surface area (Å²) in [4.78, 5) is 0. The Kier molecular flexibility index (Phi) is 23500. The molecule has 10 N–H and O–H groups in total. The van der Waals surface area contributed by atoms with Crippen LogP contribution in [0.5, 0.6) is 0 Å². The molecule has 8 heavy (non-hydrogen) atoms. The minimum Gasteiger partial charge on any atom is -0.870 e. The Morgan fingerprint density at radius 2 is 0.500 bits per heavy atom. The van der Waals surface area contributed by atoms with Gasteiger partial charge in [-0.2, -0.15) is 0 Å². The van der Waals surface area contributed by atoms with Crippen molar-refractivity contribution in [2.24, 2.45) is 0 Å². The first-order valence-electron chi connectivity index (χ1n) is 0. The minimum atomic E-state index is 0. The topological polar surface area (TPSA) is 186 Å². The van der Waals surface area contributed by atoms with E-state index in [9.17, 15) is 0 Å². The molecule has 51 valence electrons. The largest absolute Gasteiger partial charge is 2.00 e. The molecule has 0 rings (SSSR count). The molecular weight excluding hydrogens is 147 g/mol. The average molecular weight is 157 g/mol. The summed E-state index contributed by atoms with van der Waals surface area (Å²) in [5.41, 5.74) is 0. The van der Waals surface area contributed by atoms with Crippen molar-refractivity contribution in [3.05, 3.63) is 0 Å². The molecule has 0 atom stereocenters. The second kappa shape index (κ2) is 358. The Labute approximate surface area is 73.4 Å². The maximum absolute atomic E-state index is 0. The van der Waals surface area contributed by atoms with Crippen molar-refractivity contribution in [1.82, 2.24) is 0 Å². The quantitative estimate of drug-likeness (QED) is 0.321. The molecule has 0 aromatic rings. The fourth-order valence-corrected chi connectivity index (χ4v) is 0. The van der Waals surface area contributed by atoms with Crippen molar-refractivity contribution in [3.8, 4) is 0 Å². The van der Waals surface area contributed by atoms with Gasteiger partial charge in [0.25, 0.3) is 0 Å². The molecule has 0 aliphatic rings. The van der Waals surface area contributed by atoms with Crippen LogP contribution in [-0.2, 0) is 0 Å². The van der Waals surface area contributed by atoms with Crippen molar-refractivity contribution in [2.45, 2.75) is 0 Å². The minimum absolute atomic E-state index is 0. The average Bonchev–Trinajstić information content (AvgIpc) is 0. The first-order valence-corrected chi connectivity index (χ1v) is 0. The van der Waals surface area contributed by atoms with Gasteiger partial charge in [0.2, 0.25) is 0 Å². The molecule has 0 bridgehead atoms. The molecule has 0 aromatic carbocycles. The third kappa shape index (κ3) is 231. The number of hydrogen-bond donors (Lipinski definition) is 0. The first-order chi connectivity index (χ1) is 0. The van der Waals surface area contributed by atoms with E-state index >= 15 is 0 Å². The summed E-state index contributed by atoms with van der Waals surface area (Å²) in [5.74, 6) is 0. The smallest absolute Gasteiger partial charge is 0.870 e. The van der Waals surface area contributed by atoms with Crippen LogP contribution in [0.3, 0.4) is 0 Å². The summed E-state index contributed by atoms with van der Waals surface area (Å²) in [7, 11) is 0. The number of rotatable bonds is 0. The van der Waals surface area contributed by atoms with Crippen LogP contribution in [0.15, 0.2) is 0 Å². The van der Waals surface area contributed by atoms with Crippen LogP contribution < -0.4 is 0 Å². The van der Waals surface area contributed by atoms with Gasteiger partial charge in [-0.05, 0) is 0 Å². The van der Waals surface area contributed by atoms with Gasteiger partial charge in [0.05, 0.1) is 0 Å². The normalized spacial score (nSPS) is 0. The van der Waals surface area contributed by atoms with Gasteiger partial charge in [-0.1, -0.05) is 0 Å². The number of hydrogen-bond acceptors (Lipinski definition) is 2. The molecule has 6 nitrogen and oxygen atoms in total. The third-order valence-electron chi connectivity index (χ3n) is 0. The van der Waals surface area contributed by atoms with Gasteiger partial charge in [0.15, 0.2) is 0 Å². The van der Waals surface area contributed by atoms with Crippen molar-refractivity contribution in [3.63, 3.8) is 0 Å². The Morgan fingerprint density at radius 1 is 0.500 bits per heavy atom. The second-order valence-electron chi connectivity index (χ2n) is 0. The van der Waals surface area contributed by atoms with Gasteiger partial charge in [0, 0.05) is 17.4 Å². The van der Waals surface area contributed by atoms with Gasteiger partial charge in [-0.3, -0.25) is 0 Å². The van der Waals surface area contributed by atoms with Crippen LogP contribution in [-0.4, -0.2) is 73.3 Å². The molecule has 0 spiro atoms. The van der Waals surface area contributed by atoms with Crippen LogP contribution in [0.1, 0.15) is 0 Å². The molecule has 0 fully saturated rings. The van der Waals surface area contributed by atoms with Crippen molar-refractivity contribution >= 4 is 40.4 Å². The first kappa shape index (κ1) is 525. The second-order valence-corrected chi connectivity index (χ2v) is 0. The Balaban J connectivity index is 0. The predicted octanol–water partition coefficient (Wildman–Crippen LogP) is -4.41. The van der Waals surface area contributed by atoms with E-state index in [-0.39, 0.29) is 73.3 Å². The van der Waals surface area contributed by atoms with Crippen molar-refractivity contribution in [2.75, 3.05) is 0 Å². The van der Waals surface area contributed by atoms with Gasteiger partial charge < -0.3 is 32.9 Å². The van der Waals surface area contributed by atoms with Gasteiger partial charge >= 0.3 is 23.1 Å². The summed E-state index contributed by atoms with van der Waals surface area (Å²) in [6, 6.07) is 0. The summed E-state index contributed by atoms with van der Waals surface area (Å²) in [6.45, 7) is 0. The molecule has 0 saturated heterocycles. The Bertz CT molecular complexity index is 8.49. The fourth-order valence-electron chi connectivity index (χ4n) is 0. The van der Waals surface area contributed by atoms with Crippen molar-refractivity contribution in [1.29, 1.82) is 0 Å².